The van der Waals surface area contributed by atoms with E-state index in [0.717, 1.165) is 5.56 Å². The quantitative estimate of drug-likeness (QED) is 0.566. The Bertz CT molecular complexity index is 1160. The maximum absolute atomic E-state index is 14.1. The van der Waals surface area contributed by atoms with Crippen molar-refractivity contribution >= 4 is 35.0 Å². The van der Waals surface area contributed by atoms with Gasteiger partial charge in [0.05, 0.1) is 23.4 Å². The number of aryl methyl sites for hydroxylation is 1. The summed E-state index contributed by atoms with van der Waals surface area (Å²) in [7, 11) is 0. The molecule has 6 nitrogen and oxygen atoms in total. The summed E-state index contributed by atoms with van der Waals surface area (Å²) in [6, 6.07) is 13.6. The van der Waals surface area contributed by atoms with Crippen molar-refractivity contribution in [2.75, 3.05) is 26.2 Å². The van der Waals surface area contributed by atoms with Crippen molar-refractivity contribution in [3.05, 3.63) is 86.9 Å². The van der Waals surface area contributed by atoms with E-state index in [1.165, 1.54) is 23.1 Å². The number of aromatic nitrogens is 2. The normalized spacial score (nSPS) is 14.0. The number of benzene rings is 2. The molecule has 1 fully saturated rings. The SMILES string of the molecule is Cc1nn(Cc2ccccc2)c(Cl)c1C(=O)N1CCN(C(=O)c2cc(Cl)ccc2F)CC1. The third-order valence-electron chi connectivity index (χ3n) is 5.47. The largest absolute Gasteiger partial charge is 0.335 e. The van der Waals surface area contributed by atoms with Crippen LogP contribution in [-0.4, -0.2) is 57.6 Å². The number of halogens is 3. The van der Waals surface area contributed by atoms with Crippen LogP contribution >= 0.6 is 23.2 Å². The van der Waals surface area contributed by atoms with E-state index in [1.807, 2.05) is 30.3 Å². The Morgan fingerprint density at radius 1 is 0.969 bits per heavy atom. The summed E-state index contributed by atoms with van der Waals surface area (Å²) in [6.45, 7) is 3.40. The van der Waals surface area contributed by atoms with Crippen LogP contribution in [0.4, 0.5) is 4.39 Å². The van der Waals surface area contributed by atoms with E-state index in [1.54, 1.807) is 16.5 Å². The van der Waals surface area contributed by atoms with Gasteiger partial charge in [-0.05, 0) is 30.7 Å². The van der Waals surface area contributed by atoms with Crippen molar-refractivity contribution in [1.29, 1.82) is 0 Å². The van der Waals surface area contributed by atoms with Gasteiger partial charge in [-0.25, -0.2) is 9.07 Å². The van der Waals surface area contributed by atoms with Crippen LogP contribution in [0, 0.1) is 12.7 Å². The Morgan fingerprint density at radius 3 is 2.25 bits per heavy atom. The number of hydrogen-bond donors (Lipinski definition) is 0. The number of hydrogen-bond acceptors (Lipinski definition) is 3. The van der Waals surface area contributed by atoms with Crippen molar-refractivity contribution in [1.82, 2.24) is 19.6 Å². The second-order valence-electron chi connectivity index (χ2n) is 7.60. The standard InChI is InChI=1S/C23H21Cl2FN4O2/c1-15-20(21(25)30(27-15)14-16-5-3-2-4-6-16)23(32)29-11-9-28(10-12-29)22(31)18-13-17(24)7-8-19(18)26/h2-8,13H,9-12,14H2,1H3. The van der Waals surface area contributed by atoms with E-state index in [0.29, 0.717) is 35.9 Å². The molecule has 0 atom stereocenters. The van der Waals surface area contributed by atoms with Gasteiger partial charge in [-0.3, -0.25) is 9.59 Å². The molecule has 3 aromatic rings. The third kappa shape index (κ3) is 4.49. The molecule has 9 heteroatoms. The molecule has 0 aliphatic carbocycles. The second kappa shape index (κ2) is 9.30. The van der Waals surface area contributed by atoms with E-state index in [9.17, 15) is 14.0 Å². The van der Waals surface area contributed by atoms with Gasteiger partial charge in [0.2, 0.25) is 0 Å². The zero-order valence-electron chi connectivity index (χ0n) is 17.4. The van der Waals surface area contributed by atoms with Crippen molar-refractivity contribution in [3.63, 3.8) is 0 Å². The molecule has 1 aromatic heterocycles. The Balaban J connectivity index is 1.45. The summed E-state index contributed by atoms with van der Waals surface area (Å²) in [5, 5.41) is 5.02. The Labute approximate surface area is 195 Å². The fourth-order valence-corrected chi connectivity index (χ4v) is 4.25. The van der Waals surface area contributed by atoms with Crippen LogP contribution in [0.2, 0.25) is 10.2 Å². The molecule has 1 saturated heterocycles. The Hall–Kier alpha value is -2.90. The van der Waals surface area contributed by atoms with E-state index in [2.05, 4.69) is 5.10 Å². The monoisotopic (exact) mass is 474 g/mol. The second-order valence-corrected chi connectivity index (χ2v) is 8.40. The minimum Gasteiger partial charge on any atom is -0.335 e. The summed E-state index contributed by atoms with van der Waals surface area (Å²) >= 11 is 12.4. The first-order valence-corrected chi connectivity index (χ1v) is 10.9. The molecular weight excluding hydrogens is 454 g/mol. The molecule has 0 unspecified atom stereocenters. The molecule has 0 spiro atoms. The van der Waals surface area contributed by atoms with Gasteiger partial charge < -0.3 is 9.80 Å². The van der Waals surface area contributed by atoms with Gasteiger partial charge >= 0.3 is 0 Å². The molecule has 0 N–H and O–H groups in total. The van der Waals surface area contributed by atoms with Gasteiger partial charge in [-0.2, -0.15) is 5.10 Å². The summed E-state index contributed by atoms with van der Waals surface area (Å²) < 4.78 is 15.7. The highest BCUT2D eigenvalue weighted by Gasteiger charge is 2.30. The van der Waals surface area contributed by atoms with Crippen molar-refractivity contribution in [3.8, 4) is 0 Å². The summed E-state index contributed by atoms with van der Waals surface area (Å²) in [5.74, 6) is -1.29. The highest BCUT2D eigenvalue weighted by atomic mass is 35.5. The van der Waals surface area contributed by atoms with Gasteiger partial charge in [-0.1, -0.05) is 53.5 Å². The van der Waals surface area contributed by atoms with Crippen LogP contribution < -0.4 is 0 Å². The van der Waals surface area contributed by atoms with Crippen molar-refractivity contribution in [2.24, 2.45) is 0 Å². The molecule has 0 saturated carbocycles. The predicted octanol–water partition coefficient (Wildman–Crippen LogP) is 4.28. The molecule has 1 aliphatic heterocycles. The average Bonchev–Trinajstić information content (AvgIpc) is 3.08. The van der Waals surface area contributed by atoms with E-state index in [4.69, 9.17) is 23.2 Å². The summed E-state index contributed by atoms with van der Waals surface area (Å²) in [4.78, 5) is 29.0. The maximum Gasteiger partial charge on any atom is 0.259 e. The van der Waals surface area contributed by atoms with E-state index >= 15 is 0 Å². The van der Waals surface area contributed by atoms with Crippen molar-refractivity contribution in [2.45, 2.75) is 13.5 Å². The lowest BCUT2D eigenvalue weighted by Gasteiger charge is -2.34. The van der Waals surface area contributed by atoms with Crippen LogP contribution in [0.25, 0.3) is 0 Å². The molecular formula is C23H21Cl2FN4O2. The van der Waals surface area contributed by atoms with Gasteiger partial charge in [0.1, 0.15) is 11.0 Å². The fourth-order valence-electron chi connectivity index (χ4n) is 3.76. The summed E-state index contributed by atoms with van der Waals surface area (Å²) in [5.41, 5.74) is 1.87. The number of rotatable bonds is 4. The predicted molar refractivity (Wildman–Crippen MR) is 121 cm³/mol. The minimum absolute atomic E-state index is 0.0710. The van der Waals surface area contributed by atoms with E-state index in [-0.39, 0.29) is 29.7 Å². The first-order chi connectivity index (χ1) is 15.3. The Morgan fingerprint density at radius 2 is 1.59 bits per heavy atom. The van der Waals surface area contributed by atoms with Crippen LogP contribution in [0.1, 0.15) is 32.0 Å². The lowest BCUT2D eigenvalue weighted by atomic mass is 10.1. The zero-order chi connectivity index (χ0) is 22.8. The molecule has 32 heavy (non-hydrogen) atoms. The molecule has 4 rings (SSSR count). The zero-order valence-corrected chi connectivity index (χ0v) is 18.9. The first kappa shape index (κ1) is 22.3. The van der Waals surface area contributed by atoms with Crippen LogP contribution in [0.3, 0.4) is 0 Å². The number of amides is 2. The third-order valence-corrected chi connectivity index (χ3v) is 6.09. The van der Waals surface area contributed by atoms with Crippen molar-refractivity contribution < 1.29 is 14.0 Å². The lowest BCUT2D eigenvalue weighted by molar-refractivity contribution is 0.0532. The summed E-state index contributed by atoms with van der Waals surface area (Å²) in [6.07, 6.45) is 0. The topological polar surface area (TPSA) is 58.4 Å². The smallest absolute Gasteiger partial charge is 0.259 e. The van der Waals surface area contributed by atoms with Gasteiger partial charge in [0, 0.05) is 31.2 Å². The van der Waals surface area contributed by atoms with Crippen LogP contribution in [0.15, 0.2) is 48.5 Å². The molecule has 2 heterocycles. The molecule has 0 bridgehead atoms. The lowest BCUT2D eigenvalue weighted by Crippen LogP contribution is -2.50. The first-order valence-electron chi connectivity index (χ1n) is 10.2. The average molecular weight is 475 g/mol. The highest BCUT2D eigenvalue weighted by molar-refractivity contribution is 6.33. The van der Waals surface area contributed by atoms with Crippen LogP contribution in [0.5, 0.6) is 0 Å². The van der Waals surface area contributed by atoms with Gasteiger partial charge in [0.25, 0.3) is 11.8 Å². The number of piperazine rings is 1. The number of carbonyl (C=O) groups is 2. The molecule has 2 aromatic carbocycles. The number of carbonyl (C=O) groups excluding carboxylic acids is 2. The van der Waals surface area contributed by atoms with Gasteiger partial charge in [0.15, 0.2) is 0 Å². The molecule has 0 radical (unpaired) electrons. The van der Waals surface area contributed by atoms with Crippen LogP contribution in [-0.2, 0) is 6.54 Å². The molecule has 2 amide bonds. The molecule has 166 valence electrons. The minimum atomic E-state index is -0.619. The fraction of sp³-hybridized carbons (Fsp3) is 0.261. The Kier molecular flexibility index (Phi) is 6.48. The highest BCUT2D eigenvalue weighted by Crippen LogP contribution is 2.24. The maximum atomic E-state index is 14.1. The van der Waals surface area contributed by atoms with Gasteiger partial charge in [-0.15, -0.1) is 0 Å². The molecule has 1 aliphatic rings. The number of nitrogens with zero attached hydrogens (tertiary/aromatic N) is 4. The van der Waals surface area contributed by atoms with E-state index < -0.39 is 11.7 Å².